The molecule has 0 fully saturated rings. The minimum atomic E-state index is -0.310. The molecule has 18 heavy (non-hydrogen) atoms. The van der Waals surface area contributed by atoms with Crippen molar-refractivity contribution < 1.29 is 14.3 Å². The third kappa shape index (κ3) is 4.78. The first kappa shape index (κ1) is 16.5. The van der Waals surface area contributed by atoms with E-state index in [2.05, 4.69) is 20.8 Å². The Bertz CT molecular complexity index is 389. The number of ether oxygens (including phenoxy) is 2. The number of methoxy groups -OCH3 is 1. The van der Waals surface area contributed by atoms with Crippen molar-refractivity contribution in [2.75, 3.05) is 7.11 Å². The average molecular weight is 252 g/mol. The van der Waals surface area contributed by atoms with Gasteiger partial charge in [0, 0.05) is 12.5 Å². The molecule has 0 atom stereocenters. The van der Waals surface area contributed by atoms with Crippen LogP contribution in [0.3, 0.4) is 0 Å². The van der Waals surface area contributed by atoms with Crippen LogP contribution in [0.2, 0.25) is 0 Å². The minimum absolute atomic E-state index is 0.0979. The molecule has 1 aromatic rings. The highest BCUT2D eigenvalue weighted by molar-refractivity contribution is 5.70. The van der Waals surface area contributed by atoms with Gasteiger partial charge in [-0.1, -0.05) is 34.6 Å². The molecule has 0 N–H and O–H groups in total. The second-order valence-electron chi connectivity index (χ2n) is 4.71. The predicted molar refractivity (Wildman–Crippen MR) is 74.4 cm³/mol. The van der Waals surface area contributed by atoms with Crippen molar-refractivity contribution in [2.45, 2.75) is 47.0 Å². The van der Waals surface area contributed by atoms with E-state index < -0.39 is 0 Å². The molecule has 0 saturated carbocycles. The van der Waals surface area contributed by atoms with Gasteiger partial charge in [-0.05, 0) is 23.6 Å². The third-order valence-corrected chi connectivity index (χ3v) is 2.25. The Labute approximate surface area is 110 Å². The lowest BCUT2D eigenvalue weighted by Crippen LogP contribution is -2.15. The quantitative estimate of drug-likeness (QED) is 0.590. The summed E-state index contributed by atoms with van der Waals surface area (Å²) >= 11 is 0. The Morgan fingerprint density at radius 2 is 1.72 bits per heavy atom. The maximum absolute atomic E-state index is 11.0. The number of hydrogen-bond donors (Lipinski definition) is 0. The van der Waals surface area contributed by atoms with Gasteiger partial charge in [0.2, 0.25) is 0 Å². The largest absolute Gasteiger partial charge is 0.497 e. The molecule has 0 bridgehead atoms. The van der Waals surface area contributed by atoms with Crippen molar-refractivity contribution in [3.8, 4) is 11.5 Å². The van der Waals surface area contributed by atoms with E-state index in [1.165, 1.54) is 6.92 Å². The molecule has 0 saturated heterocycles. The Kier molecular flexibility index (Phi) is 6.45. The van der Waals surface area contributed by atoms with E-state index in [4.69, 9.17) is 9.47 Å². The normalized spacial score (nSPS) is 10.2. The third-order valence-electron chi connectivity index (χ3n) is 2.25. The van der Waals surface area contributed by atoms with E-state index in [-0.39, 0.29) is 11.4 Å². The molecule has 0 aliphatic heterocycles. The molecule has 1 aromatic carbocycles. The molecule has 3 nitrogen and oxygen atoms in total. The van der Waals surface area contributed by atoms with Gasteiger partial charge in [0.1, 0.15) is 11.5 Å². The van der Waals surface area contributed by atoms with E-state index in [1.54, 1.807) is 19.2 Å². The van der Waals surface area contributed by atoms with Gasteiger partial charge in [-0.15, -0.1) is 0 Å². The Balaban J connectivity index is 0.00000137. The van der Waals surface area contributed by atoms with E-state index in [0.717, 1.165) is 11.3 Å². The summed E-state index contributed by atoms with van der Waals surface area (Å²) in [5.74, 6) is 1.05. The maximum Gasteiger partial charge on any atom is 0.308 e. The molecule has 0 heterocycles. The summed E-state index contributed by atoms with van der Waals surface area (Å²) in [5, 5.41) is 0. The molecule has 0 spiro atoms. The standard InChI is InChI=1S/C13H18O3.C2H6/c1-9(14)16-12-7-6-10(15-5)8-11(12)13(2,3)4;1-2/h6-8H,1-5H3;1-2H3. The van der Waals surface area contributed by atoms with Crippen LogP contribution in [-0.4, -0.2) is 13.1 Å². The van der Waals surface area contributed by atoms with Crippen molar-refractivity contribution in [1.82, 2.24) is 0 Å². The summed E-state index contributed by atoms with van der Waals surface area (Å²) in [5.41, 5.74) is 0.862. The molecular weight excluding hydrogens is 228 g/mol. The first-order valence-electron chi connectivity index (χ1n) is 6.21. The van der Waals surface area contributed by atoms with Crippen molar-refractivity contribution in [3.05, 3.63) is 23.8 Å². The van der Waals surface area contributed by atoms with Crippen molar-refractivity contribution >= 4 is 5.97 Å². The van der Waals surface area contributed by atoms with Crippen LogP contribution in [-0.2, 0) is 10.2 Å². The van der Waals surface area contributed by atoms with Gasteiger partial charge in [0.25, 0.3) is 0 Å². The molecule has 3 heteroatoms. The zero-order chi connectivity index (χ0) is 14.3. The van der Waals surface area contributed by atoms with Crippen LogP contribution in [0.15, 0.2) is 18.2 Å². The summed E-state index contributed by atoms with van der Waals surface area (Å²) in [4.78, 5) is 11.0. The number of carbonyl (C=O) groups is 1. The lowest BCUT2D eigenvalue weighted by atomic mass is 9.86. The number of esters is 1. The van der Waals surface area contributed by atoms with Crippen LogP contribution in [0.4, 0.5) is 0 Å². The zero-order valence-corrected chi connectivity index (χ0v) is 12.5. The fraction of sp³-hybridized carbons (Fsp3) is 0.533. The molecule has 0 aromatic heterocycles. The van der Waals surface area contributed by atoms with Gasteiger partial charge in [-0.25, -0.2) is 0 Å². The Morgan fingerprint density at radius 1 is 1.17 bits per heavy atom. The summed E-state index contributed by atoms with van der Waals surface area (Å²) in [6.45, 7) is 11.6. The molecule has 0 unspecified atom stereocenters. The zero-order valence-electron chi connectivity index (χ0n) is 12.5. The van der Waals surface area contributed by atoms with Gasteiger partial charge in [-0.2, -0.15) is 0 Å². The first-order chi connectivity index (χ1) is 8.34. The monoisotopic (exact) mass is 252 g/mol. The number of carbonyl (C=O) groups excluding carboxylic acids is 1. The molecule has 102 valence electrons. The minimum Gasteiger partial charge on any atom is -0.497 e. The molecule has 0 radical (unpaired) electrons. The van der Waals surface area contributed by atoms with Crippen LogP contribution in [0.5, 0.6) is 11.5 Å². The van der Waals surface area contributed by atoms with Gasteiger partial charge in [0.15, 0.2) is 0 Å². The van der Waals surface area contributed by atoms with Crippen LogP contribution < -0.4 is 9.47 Å². The molecule has 0 aliphatic carbocycles. The van der Waals surface area contributed by atoms with Crippen LogP contribution in [0, 0.1) is 0 Å². The molecule has 1 rings (SSSR count). The smallest absolute Gasteiger partial charge is 0.308 e. The van der Waals surface area contributed by atoms with Gasteiger partial charge in [-0.3, -0.25) is 4.79 Å². The fourth-order valence-corrected chi connectivity index (χ4v) is 1.47. The first-order valence-corrected chi connectivity index (χ1v) is 6.21. The summed E-state index contributed by atoms with van der Waals surface area (Å²) in [6, 6.07) is 5.45. The van der Waals surface area contributed by atoms with E-state index in [9.17, 15) is 4.79 Å². The van der Waals surface area contributed by atoms with Gasteiger partial charge >= 0.3 is 5.97 Å². The van der Waals surface area contributed by atoms with E-state index in [0.29, 0.717) is 5.75 Å². The number of benzene rings is 1. The van der Waals surface area contributed by atoms with Gasteiger partial charge < -0.3 is 9.47 Å². The highest BCUT2D eigenvalue weighted by atomic mass is 16.5. The van der Waals surface area contributed by atoms with Crippen LogP contribution >= 0.6 is 0 Å². The van der Waals surface area contributed by atoms with Crippen molar-refractivity contribution in [2.24, 2.45) is 0 Å². The van der Waals surface area contributed by atoms with E-state index >= 15 is 0 Å². The topological polar surface area (TPSA) is 35.5 Å². The highest BCUT2D eigenvalue weighted by Crippen LogP contribution is 2.34. The summed E-state index contributed by atoms with van der Waals surface area (Å²) in [6.07, 6.45) is 0. The molecule has 0 amide bonds. The Hall–Kier alpha value is -1.51. The SMILES string of the molecule is CC.COc1ccc(OC(C)=O)c(C(C)(C)C)c1. The van der Waals surface area contributed by atoms with Gasteiger partial charge in [0.05, 0.1) is 7.11 Å². The Morgan fingerprint density at radius 3 is 2.11 bits per heavy atom. The second kappa shape index (κ2) is 7.04. The maximum atomic E-state index is 11.0. The highest BCUT2D eigenvalue weighted by Gasteiger charge is 2.20. The molecule has 0 aliphatic rings. The lowest BCUT2D eigenvalue weighted by Gasteiger charge is -2.22. The summed E-state index contributed by atoms with van der Waals surface area (Å²) in [7, 11) is 1.62. The van der Waals surface area contributed by atoms with Crippen molar-refractivity contribution in [3.63, 3.8) is 0 Å². The number of hydrogen-bond acceptors (Lipinski definition) is 3. The predicted octanol–water partition coefficient (Wildman–Crippen LogP) is 3.94. The average Bonchev–Trinajstić information content (AvgIpc) is 2.30. The number of rotatable bonds is 2. The second-order valence-corrected chi connectivity index (χ2v) is 4.71. The molecular formula is C15H24O3. The van der Waals surface area contributed by atoms with Crippen LogP contribution in [0.25, 0.3) is 0 Å². The van der Waals surface area contributed by atoms with Crippen molar-refractivity contribution in [1.29, 1.82) is 0 Å². The lowest BCUT2D eigenvalue weighted by molar-refractivity contribution is -0.131. The van der Waals surface area contributed by atoms with Crippen LogP contribution in [0.1, 0.15) is 47.1 Å². The van der Waals surface area contributed by atoms with E-state index in [1.807, 2.05) is 19.9 Å². The fourth-order valence-electron chi connectivity index (χ4n) is 1.47. The summed E-state index contributed by atoms with van der Waals surface area (Å²) < 4.78 is 10.3.